The summed E-state index contributed by atoms with van der Waals surface area (Å²) in [4.78, 5) is 20.3. The second-order valence-electron chi connectivity index (χ2n) is 6.73. The topological polar surface area (TPSA) is 89.0 Å². The number of anilines is 1. The van der Waals surface area contributed by atoms with Gasteiger partial charge in [0.2, 0.25) is 5.95 Å². The average molecular weight is 468 g/mol. The zero-order chi connectivity index (χ0) is 22.7. The molecule has 2 aromatic carbocycles. The van der Waals surface area contributed by atoms with Crippen LogP contribution in [0, 0.1) is 5.95 Å². The predicted molar refractivity (Wildman–Crippen MR) is 120 cm³/mol. The van der Waals surface area contributed by atoms with Crippen LogP contribution in [0.25, 0.3) is 11.1 Å². The molecule has 4 rings (SSSR count). The van der Waals surface area contributed by atoms with Gasteiger partial charge in [-0.25, -0.2) is 13.4 Å². The number of carbonyl (C=O) groups excluding carboxylic acids is 1. The standard InChI is InChI=1S/C23H15ClFN3O3S/c24-17-5-8-21(20(14-17)22(29)16-9-12-26-13-10-16)28-32(30,31)18-6-3-15(4-7-18)19-2-1-11-27-23(19)25/h1-14,28H. The van der Waals surface area contributed by atoms with Gasteiger partial charge in [-0.3, -0.25) is 14.5 Å². The van der Waals surface area contributed by atoms with E-state index in [1.807, 2.05) is 0 Å². The highest BCUT2D eigenvalue weighted by molar-refractivity contribution is 7.92. The Labute approximate surface area is 188 Å². The second kappa shape index (κ2) is 8.86. The van der Waals surface area contributed by atoms with Crippen molar-refractivity contribution in [3.05, 3.63) is 107 Å². The Morgan fingerprint density at radius 1 is 0.938 bits per heavy atom. The van der Waals surface area contributed by atoms with E-state index in [0.717, 1.165) is 0 Å². The number of nitrogens with one attached hydrogen (secondary N) is 1. The third-order valence-corrected chi connectivity index (χ3v) is 6.26. The quantitative estimate of drug-likeness (QED) is 0.319. The third kappa shape index (κ3) is 4.51. The number of sulfonamides is 1. The van der Waals surface area contributed by atoms with E-state index < -0.39 is 21.8 Å². The van der Waals surface area contributed by atoms with E-state index in [-0.39, 0.29) is 26.7 Å². The lowest BCUT2D eigenvalue weighted by Crippen LogP contribution is -2.16. The fourth-order valence-electron chi connectivity index (χ4n) is 3.07. The molecule has 9 heteroatoms. The first-order valence-electron chi connectivity index (χ1n) is 9.33. The second-order valence-corrected chi connectivity index (χ2v) is 8.85. The van der Waals surface area contributed by atoms with E-state index in [4.69, 9.17) is 11.6 Å². The molecule has 0 aliphatic carbocycles. The maximum absolute atomic E-state index is 13.9. The Morgan fingerprint density at radius 2 is 1.66 bits per heavy atom. The minimum absolute atomic E-state index is 0.0530. The number of ketones is 1. The van der Waals surface area contributed by atoms with E-state index in [0.29, 0.717) is 11.1 Å². The molecule has 160 valence electrons. The van der Waals surface area contributed by atoms with E-state index >= 15 is 0 Å². The summed E-state index contributed by atoms with van der Waals surface area (Å²) in [5.74, 6) is -1.06. The fourth-order valence-corrected chi connectivity index (χ4v) is 4.32. The zero-order valence-electron chi connectivity index (χ0n) is 16.4. The minimum atomic E-state index is -4.04. The molecule has 1 N–H and O–H groups in total. The summed E-state index contributed by atoms with van der Waals surface area (Å²) in [6, 6.07) is 16.2. The number of rotatable bonds is 6. The molecule has 0 saturated carbocycles. The van der Waals surface area contributed by atoms with Crippen molar-refractivity contribution in [1.29, 1.82) is 0 Å². The molecule has 0 aliphatic rings. The van der Waals surface area contributed by atoms with Crippen molar-refractivity contribution in [2.45, 2.75) is 4.90 Å². The van der Waals surface area contributed by atoms with Crippen LogP contribution in [0.4, 0.5) is 10.1 Å². The fraction of sp³-hybridized carbons (Fsp3) is 0. The number of pyridine rings is 2. The Hall–Kier alpha value is -3.62. The first-order valence-corrected chi connectivity index (χ1v) is 11.2. The van der Waals surface area contributed by atoms with Crippen molar-refractivity contribution in [3.63, 3.8) is 0 Å². The molecule has 4 aromatic rings. The maximum Gasteiger partial charge on any atom is 0.261 e. The SMILES string of the molecule is O=C(c1ccncc1)c1cc(Cl)ccc1NS(=O)(=O)c1ccc(-c2cccnc2F)cc1. The van der Waals surface area contributed by atoms with Crippen LogP contribution in [0.15, 0.2) is 90.2 Å². The summed E-state index contributed by atoms with van der Waals surface area (Å²) in [6.45, 7) is 0. The molecule has 0 saturated heterocycles. The number of hydrogen-bond donors (Lipinski definition) is 1. The van der Waals surface area contributed by atoms with Gasteiger partial charge in [-0.1, -0.05) is 23.7 Å². The molecule has 32 heavy (non-hydrogen) atoms. The minimum Gasteiger partial charge on any atom is -0.289 e. The average Bonchev–Trinajstić information content (AvgIpc) is 2.81. The van der Waals surface area contributed by atoms with E-state index in [1.54, 1.807) is 12.1 Å². The van der Waals surface area contributed by atoms with Gasteiger partial charge in [-0.05, 0) is 60.2 Å². The van der Waals surface area contributed by atoms with Crippen LogP contribution in [-0.4, -0.2) is 24.2 Å². The van der Waals surface area contributed by atoms with Crippen LogP contribution in [-0.2, 0) is 10.0 Å². The van der Waals surface area contributed by atoms with Crippen LogP contribution in [0.2, 0.25) is 5.02 Å². The Bertz CT molecular complexity index is 1400. The largest absolute Gasteiger partial charge is 0.289 e. The van der Waals surface area contributed by atoms with Crippen LogP contribution in [0.1, 0.15) is 15.9 Å². The highest BCUT2D eigenvalue weighted by Crippen LogP contribution is 2.27. The van der Waals surface area contributed by atoms with Gasteiger partial charge >= 0.3 is 0 Å². The summed E-state index contributed by atoms with van der Waals surface area (Å²) in [5.41, 5.74) is 1.26. The van der Waals surface area contributed by atoms with Gasteiger partial charge in [0.25, 0.3) is 10.0 Å². The van der Waals surface area contributed by atoms with E-state index in [1.165, 1.54) is 73.2 Å². The van der Waals surface area contributed by atoms with Crippen molar-refractivity contribution in [1.82, 2.24) is 9.97 Å². The molecule has 0 aliphatic heterocycles. The number of aromatic nitrogens is 2. The molecule has 0 unspecified atom stereocenters. The Balaban J connectivity index is 1.66. The molecule has 0 amide bonds. The van der Waals surface area contributed by atoms with Gasteiger partial charge in [-0.15, -0.1) is 0 Å². The molecule has 0 bridgehead atoms. The van der Waals surface area contributed by atoms with E-state index in [2.05, 4.69) is 14.7 Å². The molecular weight excluding hydrogens is 453 g/mol. The summed E-state index contributed by atoms with van der Waals surface area (Å²) < 4.78 is 42.3. The number of halogens is 2. The van der Waals surface area contributed by atoms with Gasteiger partial charge in [0.05, 0.1) is 10.6 Å². The van der Waals surface area contributed by atoms with Crippen LogP contribution < -0.4 is 4.72 Å². The third-order valence-electron chi connectivity index (χ3n) is 4.65. The van der Waals surface area contributed by atoms with Gasteiger partial charge in [-0.2, -0.15) is 4.39 Å². The molecule has 2 aromatic heterocycles. The Kier molecular flexibility index (Phi) is 5.98. The first-order chi connectivity index (χ1) is 15.3. The lowest BCUT2D eigenvalue weighted by atomic mass is 10.0. The number of benzene rings is 2. The van der Waals surface area contributed by atoms with Crippen molar-refractivity contribution in [2.75, 3.05) is 4.72 Å². The van der Waals surface area contributed by atoms with Crippen molar-refractivity contribution < 1.29 is 17.6 Å². The van der Waals surface area contributed by atoms with E-state index in [9.17, 15) is 17.6 Å². The van der Waals surface area contributed by atoms with Crippen molar-refractivity contribution in [2.24, 2.45) is 0 Å². The number of nitrogens with zero attached hydrogens (tertiary/aromatic N) is 2. The Morgan fingerprint density at radius 3 is 2.34 bits per heavy atom. The number of carbonyl (C=O) groups is 1. The van der Waals surface area contributed by atoms with Crippen molar-refractivity contribution in [3.8, 4) is 11.1 Å². The monoisotopic (exact) mass is 467 g/mol. The van der Waals surface area contributed by atoms with Gasteiger partial charge < -0.3 is 0 Å². The highest BCUT2D eigenvalue weighted by atomic mass is 35.5. The smallest absolute Gasteiger partial charge is 0.261 e. The molecular formula is C23H15ClFN3O3S. The summed E-state index contributed by atoms with van der Waals surface area (Å²) in [7, 11) is -4.04. The lowest BCUT2D eigenvalue weighted by molar-refractivity contribution is 0.103. The highest BCUT2D eigenvalue weighted by Gasteiger charge is 2.20. The summed E-state index contributed by atoms with van der Waals surface area (Å²) in [6.07, 6.45) is 4.26. The van der Waals surface area contributed by atoms with Crippen LogP contribution >= 0.6 is 11.6 Å². The van der Waals surface area contributed by atoms with Gasteiger partial charge in [0, 0.05) is 40.3 Å². The predicted octanol–water partition coefficient (Wildman–Crippen LogP) is 4.97. The maximum atomic E-state index is 13.9. The zero-order valence-corrected chi connectivity index (χ0v) is 17.9. The lowest BCUT2D eigenvalue weighted by Gasteiger charge is -2.13. The van der Waals surface area contributed by atoms with Crippen LogP contribution in [0.5, 0.6) is 0 Å². The van der Waals surface area contributed by atoms with Crippen LogP contribution in [0.3, 0.4) is 0 Å². The molecule has 6 nitrogen and oxygen atoms in total. The number of hydrogen-bond acceptors (Lipinski definition) is 5. The molecule has 2 heterocycles. The summed E-state index contributed by atoms with van der Waals surface area (Å²) >= 11 is 6.05. The normalized spacial score (nSPS) is 11.2. The molecule has 0 radical (unpaired) electrons. The molecule has 0 fully saturated rings. The first kappa shape index (κ1) is 21.6. The molecule has 0 atom stereocenters. The van der Waals surface area contributed by atoms with Crippen molar-refractivity contribution >= 4 is 33.1 Å². The molecule has 0 spiro atoms. The van der Waals surface area contributed by atoms with Gasteiger partial charge in [0.15, 0.2) is 5.78 Å². The van der Waals surface area contributed by atoms with Gasteiger partial charge in [0.1, 0.15) is 0 Å². The summed E-state index contributed by atoms with van der Waals surface area (Å²) in [5, 5.41) is 0.285.